The minimum Gasteiger partial charge on any atom is -0.315 e. The molecule has 3 nitrogen and oxygen atoms in total. The molecule has 128 valence electrons. The molecule has 4 aliphatic rings. The zero-order valence-electron chi connectivity index (χ0n) is 14.9. The SMILES string of the molecule is CC1(C)NCCC12C(=O)N(CC1CCCCC1)C1=C2CCCC1. The van der Waals surface area contributed by atoms with Crippen LogP contribution in [0.4, 0.5) is 0 Å². The highest BCUT2D eigenvalue weighted by atomic mass is 16.2. The Morgan fingerprint density at radius 1 is 1.09 bits per heavy atom. The van der Waals surface area contributed by atoms with E-state index in [4.69, 9.17) is 0 Å². The second-order valence-electron chi connectivity index (χ2n) is 8.76. The molecule has 1 saturated carbocycles. The molecule has 0 radical (unpaired) electrons. The molecule has 1 N–H and O–H groups in total. The molecule has 2 aliphatic heterocycles. The summed E-state index contributed by atoms with van der Waals surface area (Å²) in [5.74, 6) is 1.17. The van der Waals surface area contributed by atoms with Crippen molar-refractivity contribution in [1.29, 1.82) is 0 Å². The molecule has 1 atom stereocenters. The summed E-state index contributed by atoms with van der Waals surface area (Å²) in [4.78, 5) is 15.9. The fourth-order valence-electron chi connectivity index (χ4n) is 5.88. The second kappa shape index (κ2) is 5.61. The molecule has 0 aromatic rings. The first kappa shape index (κ1) is 15.7. The van der Waals surface area contributed by atoms with Crippen LogP contribution in [0.15, 0.2) is 11.3 Å². The molecule has 2 aliphatic carbocycles. The number of carbonyl (C=O) groups excluding carboxylic acids is 1. The van der Waals surface area contributed by atoms with Gasteiger partial charge in [-0.15, -0.1) is 0 Å². The summed E-state index contributed by atoms with van der Waals surface area (Å²) in [6, 6.07) is 0. The van der Waals surface area contributed by atoms with E-state index >= 15 is 0 Å². The summed E-state index contributed by atoms with van der Waals surface area (Å²) in [6.07, 6.45) is 12.5. The average molecular weight is 316 g/mol. The van der Waals surface area contributed by atoms with Gasteiger partial charge in [-0.3, -0.25) is 4.79 Å². The molecule has 3 heteroatoms. The number of nitrogens with one attached hydrogen (secondary N) is 1. The Labute approximate surface area is 140 Å². The van der Waals surface area contributed by atoms with Gasteiger partial charge in [0, 0.05) is 17.8 Å². The highest BCUT2D eigenvalue weighted by Crippen LogP contribution is 2.56. The van der Waals surface area contributed by atoms with Crippen molar-refractivity contribution in [2.24, 2.45) is 11.3 Å². The smallest absolute Gasteiger partial charge is 0.239 e. The van der Waals surface area contributed by atoms with Crippen molar-refractivity contribution < 1.29 is 4.79 Å². The topological polar surface area (TPSA) is 32.3 Å². The van der Waals surface area contributed by atoms with Crippen LogP contribution in [0.1, 0.15) is 78.1 Å². The number of carbonyl (C=O) groups is 1. The predicted octanol–water partition coefficient (Wildman–Crippen LogP) is 4.00. The summed E-state index contributed by atoms with van der Waals surface area (Å²) in [5, 5.41) is 3.63. The predicted molar refractivity (Wildman–Crippen MR) is 92.9 cm³/mol. The minimum atomic E-state index is -0.239. The largest absolute Gasteiger partial charge is 0.315 e. The lowest BCUT2D eigenvalue weighted by Crippen LogP contribution is -2.53. The third-order valence-electron chi connectivity index (χ3n) is 7.19. The maximum atomic E-state index is 13.6. The Morgan fingerprint density at radius 3 is 2.52 bits per heavy atom. The van der Waals surface area contributed by atoms with Crippen LogP contribution in [0, 0.1) is 11.3 Å². The van der Waals surface area contributed by atoms with Gasteiger partial charge in [0.2, 0.25) is 5.91 Å². The van der Waals surface area contributed by atoms with E-state index in [9.17, 15) is 4.79 Å². The zero-order chi connectivity index (χ0) is 16.1. The first-order chi connectivity index (χ1) is 11.1. The van der Waals surface area contributed by atoms with Crippen molar-refractivity contribution in [1.82, 2.24) is 10.2 Å². The molecule has 4 rings (SSSR count). The summed E-state index contributed by atoms with van der Waals surface area (Å²) in [6.45, 7) is 6.48. The maximum absolute atomic E-state index is 13.6. The van der Waals surface area contributed by atoms with Crippen molar-refractivity contribution in [3.63, 3.8) is 0 Å². The zero-order valence-corrected chi connectivity index (χ0v) is 14.9. The number of rotatable bonds is 2. The molecule has 1 amide bonds. The van der Waals surface area contributed by atoms with Gasteiger partial charge in [-0.2, -0.15) is 0 Å². The molecule has 1 unspecified atom stereocenters. The third-order valence-corrected chi connectivity index (χ3v) is 7.19. The van der Waals surface area contributed by atoms with E-state index in [1.807, 2.05) is 0 Å². The number of amides is 1. The standard InChI is InChI=1S/C20H32N2O/c1-19(2)20(12-13-21-19)16-10-6-7-11-17(16)22(18(20)23)14-15-8-4-3-5-9-15/h15,21H,3-14H2,1-2H3. The minimum absolute atomic E-state index is 0.0939. The van der Waals surface area contributed by atoms with Gasteiger partial charge in [0.15, 0.2) is 0 Å². The fraction of sp³-hybridized carbons (Fsp3) is 0.850. The van der Waals surface area contributed by atoms with Gasteiger partial charge in [0.1, 0.15) is 0 Å². The van der Waals surface area contributed by atoms with Crippen LogP contribution in [-0.2, 0) is 4.79 Å². The first-order valence-corrected chi connectivity index (χ1v) is 9.86. The highest BCUT2D eigenvalue weighted by Gasteiger charge is 2.62. The Hall–Kier alpha value is -0.830. The number of allylic oxidation sites excluding steroid dienone is 1. The van der Waals surface area contributed by atoms with Crippen LogP contribution in [-0.4, -0.2) is 29.4 Å². The van der Waals surface area contributed by atoms with E-state index in [-0.39, 0.29) is 11.0 Å². The number of nitrogens with zero attached hydrogens (tertiary/aromatic N) is 1. The van der Waals surface area contributed by atoms with Crippen molar-refractivity contribution >= 4 is 5.91 Å². The van der Waals surface area contributed by atoms with E-state index in [0.29, 0.717) is 5.91 Å². The molecule has 1 spiro atoms. The van der Waals surface area contributed by atoms with Crippen LogP contribution in [0.5, 0.6) is 0 Å². The molecule has 0 aromatic carbocycles. The monoisotopic (exact) mass is 316 g/mol. The quantitative estimate of drug-likeness (QED) is 0.835. The third kappa shape index (κ3) is 2.22. The number of hydrogen-bond acceptors (Lipinski definition) is 2. The van der Waals surface area contributed by atoms with Gasteiger partial charge in [0.05, 0.1) is 5.41 Å². The Balaban J connectivity index is 1.68. The molecule has 0 bridgehead atoms. The summed E-state index contributed by atoms with van der Waals surface area (Å²) in [7, 11) is 0. The van der Waals surface area contributed by atoms with Gasteiger partial charge in [-0.25, -0.2) is 0 Å². The van der Waals surface area contributed by atoms with Gasteiger partial charge < -0.3 is 10.2 Å². The van der Waals surface area contributed by atoms with Gasteiger partial charge in [0.25, 0.3) is 0 Å². The number of hydrogen-bond donors (Lipinski definition) is 1. The van der Waals surface area contributed by atoms with Crippen molar-refractivity contribution in [3.05, 3.63) is 11.3 Å². The van der Waals surface area contributed by atoms with E-state index in [0.717, 1.165) is 38.3 Å². The summed E-state index contributed by atoms with van der Waals surface area (Å²) >= 11 is 0. The Bertz CT molecular complexity index is 530. The van der Waals surface area contributed by atoms with E-state index in [2.05, 4.69) is 24.1 Å². The van der Waals surface area contributed by atoms with Crippen LogP contribution >= 0.6 is 0 Å². The van der Waals surface area contributed by atoms with E-state index < -0.39 is 0 Å². The first-order valence-electron chi connectivity index (χ1n) is 9.86. The van der Waals surface area contributed by atoms with E-state index in [1.54, 1.807) is 0 Å². The van der Waals surface area contributed by atoms with Crippen LogP contribution < -0.4 is 5.32 Å². The van der Waals surface area contributed by atoms with Crippen molar-refractivity contribution in [2.45, 2.75) is 83.6 Å². The molecule has 1 saturated heterocycles. The molecule has 0 aromatic heterocycles. The molecule has 23 heavy (non-hydrogen) atoms. The fourth-order valence-corrected chi connectivity index (χ4v) is 5.88. The Kier molecular flexibility index (Phi) is 3.83. The van der Waals surface area contributed by atoms with Gasteiger partial charge in [-0.1, -0.05) is 19.3 Å². The average Bonchev–Trinajstić information content (AvgIpc) is 3.00. The van der Waals surface area contributed by atoms with Crippen LogP contribution in [0.25, 0.3) is 0 Å². The molecule has 2 heterocycles. The molecular formula is C20H32N2O. The lowest BCUT2D eigenvalue weighted by molar-refractivity contribution is -0.138. The lowest BCUT2D eigenvalue weighted by Gasteiger charge is -2.39. The van der Waals surface area contributed by atoms with Crippen molar-refractivity contribution in [3.8, 4) is 0 Å². The highest BCUT2D eigenvalue weighted by molar-refractivity contribution is 5.93. The summed E-state index contributed by atoms with van der Waals surface area (Å²) in [5.41, 5.74) is 2.61. The maximum Gasteiger partial charge on any atom is 0.239 e. The molecule has 2 fully saturated rings. The van der Waals surface area contributed by atoms with E-state index in [1.165, 1.54) is 56.2 Å². The Morgan fingerprint density at radius 2 is 1.83 bits per heavy atom. The summed E-state index contributed by atoms with van der Waals surface area (Å²) < 4.78 is 0. The normalized spacial score (nSPS) is 34.5. The van der Waals surface area contributed by atoms with Crippen molar-refractivity contribution in [2.75, 3.05) is 13.1 Å². The van der Waals surface area contributed by atoms with Crippen LogP contribution in [0.2, 0.25) is 0 Å². The van der Waals surface area contributed by atoms with Gasteiger partial charge in [-0.05, 0) is 76.8 Å². The number of fused-ring (bicyclic) bond motifs is 1. The molecular weight excluding hydrogens is 284 g/mol. The second-order valence-corrected chi connectivity index (χ2v) is 8.76. The van der Waals surface area contributed by atoms with Crippen LogP contribution in [0.3, 0.4) is 0 Å². The van der Waals surface area contributed by atoms with Gasteiger partial charge >= 0.3 is 0 Å². The lowest BCUT2D eigenvalue weighted by atomic mass is 9.65.